The van der Waals surface area contributed by atoms with Gasteiger partial charge in [-0.2, -0.15) is 0 Å². The average Bonchev–Trinajstić information content (AvgIpc) is 2.55. The van der Waals surface area contributed by atoms with Gasteiger partial charge < -0.3 is 4.90 Å². The van der Waals surface area contributed by atoms with Crippen LogP contribution in [0.2, 0.25) is 0 Å². The molecule has 3 nitrogen and oxygen atoms in total. The monoisotopic (exact) mass is 295 g/mol. The molecule has 3 rings (SSSR count). The van der Waals surface area contributed by atoms with Crippen LogP contribution in [0.1, 0.15) is 20.3 Å². The van der Waals surface area contributed by atoms with Crippen LogP contribution in [0.4, 0.5) is 5.69 Å². The molecule has 1 aromatic carbocycles. The van der Waals surface area contributed by atoms with Crippen molar-refractivity contribution in [3.63, 3.8) is 0 Å². The van der Waals surface area contributed by atoms with Crippen molar-refractivity contribution >= 4 is 16.6 Å². The first kappa shape index (κ1) is 15.0. The number of pyridine rings is 1. The lowest BCUT2D eigenvalue weighted by atomic mass is 10.1. The van der Waals surface area contributed by atoms with Gasteiger partial charge in [0.25, 0.3) is 0 Å². The number of aromatic nitrogens is 1. The van der Waals surface area contributed by atoms with E-state index in [0.717, 1.165) is 44.7 Å². The molecule has 2 aromatic rings. The lowest BCUT2D eigenvalue weighted by molar-refractivity contribution is 0.278. The van der Waals surface area contributed by atoms with Crippen LogP contribution in [0.3, 0.4) is 0 Å². The number of anilines is 1. The van der Waals surface area contributed by atoms with Crippen molar-refractivity contribution in [1.82, 2.24) is 9.88 Å². The van der Waals surface area contributed by atoms with Crippen LogP contribution in [0.25, 0.3) is 10.9 Å². The Hall–Kier alpha value is -1.87. The van der Waals surface area contributed by atoms with Crippen LogP contribution in [0.15, 0.2) is 48.2 Å². The zero-order valence-electron chi connectivity index (χ0n) is 13.6. The Morgan fingerprint density at radius 3 is 2.68 bits per heavy atom. The van der Waals surface area contributed by atoms with E-state index in [9.17, 15) is 0 Å². The third-order valence-corrected chi connectivity index (χ3v) is 4.36. The Balaban J connectivity index is 1.69. The van der Waals surface area contributed by atoms with Crippen LogP contribution in [0, 0.1) is 0 Å². The van der Waals surface area contributed by atoms with E-state index in [2.05, 4.69) is 65.0 Å². The summed E-state index contributed by atoms with van der Waals surface area (Å²) < 4.78 is 0. The Morgan fingerprint density at radius 2 is 1.91 bits per heavy atom. The first-order valence-corrected chi connectivity index (χ1v) is 8.24. The number of nitrogens with zero attached hydrogens (tertiary/aromatic N) is 3. The molecule has 0 unspecified atom stereocenters. The van der Waals surface area contributed by atoms with E-state index in [1.165, 1.54) is 16.6 Å². The average molecular weight is 295 g/mol. The van der Waals surface area contributed by atoms with Crippen molar-refractivity contribution in [1.29, 1.82) is 0 Å². The van der Waals surface area contributed by atoms with Crippen molar-refractivity contribution in [2.45, 2.75) is 20.3 Å². The van der Waals surface area contributed by atoms with Crippen molar-refractivity contribution in [3.8, 4) is 0 Å². The van der Waals surface area contributed by atoms with Gasteiger partial charge in [0.15, 0.2) is 0 Å². The van der Waals surface area contributed by atoms with Crippen LogP contribution in [-0.2, 0) is 0 Å². The Morgan fingerprint density at radius 1 is 1.14 bits per heavy atom. The lowest BCUT2D eigenvalue weighted by Crippen LogP contribution is -2.46. The zero-order chi connectivity index (χ0) is 15.4. The molecule has 22 heavy (non-hydrogen) atoms. The lowest BCUT2D eigenvalue weighted by Gasteiger charge is -2.36. The van der Waals surface area contributed by atoms with E-state index < -0.39 is 0 Å². The summed E-state index contributed by atoms with van der Waals surface area (Å²) in [4.78, 5) is 9.52. The molecule has 2 heterocycles. The third-order valence-electron chi connectivity index (χ3n) is 4.36. The fourth-order valence-electron chi connectivity index (χ4n) is 3.27. The number of allylic oxidation sites excluding steroid dienone is 1. The highest BCUT2D eigenvalue weighted by atomic mass is 15.3. The molecular formula is C19H25N3. The van der Waals surface area contributed by atoms with Crippen molar-refractivity contribution in [2.24, 2.45) is 0 Å². The minimum atomic E-state index is 1.09. The van der Waals surface area contributed by atoms with Crippen molar-refractivity contribution < 1.29 is 0 Å². The number of hydrogen-bond acceptors (Lipinski definition) is 3. The first-order valence-electron chi connectivity index (χ1n) is 8.24. The van der Waals surface area contributed by atoms with Gasteiger partial charge in [-0.3, -0.25) is 9.88 Å². The molecule has 1 saturated heterocycles. The maximum absolute atomic E-state index is 4.47. The Bertz CT molecular complexity index is 649. The highest BCUT2D eigenvalue weighted by Crippen LogP contribution is 2.26. The van der Waals surface area contributed by atoms with E-state index in [-0.39, 0.29) is 0 Å². The highest BCUT2D eigenvalue weighted by molar-refractivity contribution is 5.91. The largest absolute Gasteiger partial charge is 0.368 e. The van der Waals surface area contributed by atoms with Crippen LogP contribution >= 0.6 is 0 Å². The summed E-state index contributed by atoms with van der Waals surface area (Å²) in [5.74, 6) is 0. The smallest absolute Gasteiger partial charge is 0.0722 e. The molecule has 0 spiro atoms. The maximum Gasteiger partial charge on any atom is 0.0722 e. The van der Waals surface area contributed by atoms with E-state index in [0.29, 0.717) is 0 Å². The first-order chi connectivity index (χ1) is 10.8. The minimum absolute atomic E-state index is 1.09. The summed E-state index contributed by atoms with van der Waals surface area (Å²) in [6, 6.07) is 10.6. The molecule has 1 aromatic heterocycles. The van der Waals surface area contributed by atoms with Gasteiger partial charge in [0, 0.05) is 50.0 Å². The molecule has 0 amide bonds. The fourth-order valence-corrected chi connectivity index (χ4v) is 3.27. The van der Waals surface area contributed by atoms with Gasteiger partial charge in [0.05, 0.1) is 5.52 Å². The van der Waals surface area contributed by atoms with Gasteiger partial charge in [-0.05, 0) is 25.5 Å². The summed E-state index contributed by atoms with van der Waals surface area (Å²) in [5.41, 5.74) is 3.90. The second-order valence-corrected chi connectivity index (χ2v) is 6.07. The topological polar surface area (TPSA) is 19.4 Å². The summed E-state index contributed by atoms with van der Waals surface area (Å²) >= 11 is 0. The fraction of sp³-hybridized carbons (Fsp3) is 0.421. The van der Waals surface area contributed by atoms with E-state index in [1.807, 2.05) is 6.20 Å². The van der Waals surface area contributed by atoms with Gasteiger partial charge in [-0.1, -0.05) is 36.8 Å². The summed E-state index contributed by atoms with van der Waals surface area (Å²) in [6.07, 6.45) is 5.40. The number of hydrogen-bond donors (Lipinski definition) is 0. The van der Waals surface area contributed by atoms with Crippen LogP contribution in [-0.4, -0.2) is 42.6 Å². The summed E-state index contributed by atoms with van der Waals surface area (Å²) in [6.45, 7) is 10.00. The normalized spacial score (nSPS) is 17.2. The summed E-state index contributed by atoms with van der Waals surface area (Å²) in [7, 11) is 0. The second kappa shape index (κ2) is 6.93. The minimum Gasteiger partial charge on any atom is -0.368 e. The van der Waals surface area contributed by atoms with Crippen LogP contribution < -0.4 is 4.90 Å². The molecule has 3 heteroatoms. The molecule has 1 fully saturated rings. The molecule has 0 saturated carbocycles. The molecule has 0 aliphatic carbocycles. The van der Waals surface area contributed by atoms with E-state index >= 15 is 0 Å². The van der Waals surface area contributed by atoms with E-state index in [4.69, 9.17) is 0 Å². The number of piperazine rings is 1. The summed E-state index contributed by atoms with van der Waals surface area (Å²) in [5, 5.41) is 1.26. The van der Waals surface area contributed by atoms with Crippen molar-refractivity contribution in [3.05, 3.63) is 48.2 Å². The molecular weight excluding hydrogens is 270 g/mol. The van der Waals surface area contributed by atoms with Gasteiger partial charge >= 0.3 is 0 Å². The number of benzene rings is 1. The van der Waals surface area contributed by atoms with Gasteiger partial charge in [0.2, 0.25) is 0 Å². The van der Waals surface area contributed by atoms with Crippen LogP contribution in [0.5, 0.6) is 0 Å². The van der Waals surface area contributed by atoms with Gasteiger partial charge in [-0.25, -0.2) is 0 Å². The third kappa shape index (κ3) is 3.30. The molecule has 1 aliphatic rings. The second-order valence-electron chi connectivity index (χ2n) is 6.07. The van der Waals surface area contributed by atoms with Gasteiger partial charge in [-0.15, -0.1) is 0 Å². The molecule has 1 aliphatic heterocycles. The predicted molar refractivity (Wildman–Crippen MR) is 94.4 cm³/mol. The molecule has 116 valence electrons. The predicted octanol–water partition coefficient (Wildman–Crippen LogP) is 3.71. The van der Waals surface area contributed by atoms with Crippen molar-refractivity contribution in [2.75, 3.05) is 37.6 Å². The maximum atomic E-state index is 4.47. The molecule has 0 bridgehead atoms. The SMILES string of the molecule is CCC=C(C)CN1CCN(c2ccnc3ccccc23)CC1. The Labute approximate surface area is 133 Å². The Kier molecular flexibility index (Phi) is 4.74. The number of rotatable bonds is 4. The number of fused-ring (bicyclic) bond motifs is 1. The van der Waals surface area contributed by atoms with Gasteiger partial charge in [0.1, 0.15) is 0 Å². The molecule has 0 atom stereocenters. The highest BCUT2D eigenvalue weighted by Gasteiger charge is 2.18. The standard InChI is InChI=1S/C19H25N3/c1-3-6-16(2)15-21-11-13-22(14-12-21)19-9-10-20-18-8-5-4-7-17(18)19/h4-10H,3,11-15H2,1-2H3. The zero-order valence-corrected chi connectivity index (χ0v) is 13.6. The quantitative estimate of drug-likeness (QED) is 0.802. The van der Waals surface area contributed by atoms with E-state index in [1.54, 1.807) is 0 Å². The number of para-hydroxylation sites is 1. The molecule has 0 N–H and O–H groups in total. The molecule has 0 radical (unpaired) electrons.